The van der Waals surface area contributed by atoms with Gasteiger partial charge in [-0.2, -0.15) is 5.26 Å². The summed E-state index contributed by atoms with van der Waals surface area (Å²) < 4.78 is 30.3. The lowest BCUT2D eigenvalue weighted by Gasteiger charge is -2.12. The topological polar surface area (TPSA) is 45.9 Å². The van der Waals surface area contributed by atoms with Crippen LogP contribution in [0.25, 0.3) is 0 Å². The van der Waals surface area contributed by atoms with Crippen LogP contribution in [0.1, 0.15) is 23.4 Å². The normalized spacial score (nSPS) is 10.2. The van der Waals surface area contributed by atoms with Gasteiger partial charge in [-0.05, 0) is 0 Å². The number of nitrogens with zero attached hydrogens (tertiary/aromatic N) is 2. The highest BCUT2D eigenvalue weighted by Gasteiger charge is 2.20. The summed E-state index contributed by atoms with van der Waals surface area (Å²) in [5.74, 6) is -0.124. The summed E-state index contributed by atoms with van der Waals surface area (Å²) in [5.41, 5.74) is 0.125. The molecule has 0 N–H and O–H groups in total. The van der Waals surface area contributed by atoms with E-state index in [1.54, 1.807) is 0 Å². The zero-order valence-corrected chi connectivity index (χ0v) is 9.26. The molecular formula is C10H9ClF2N2O. The van der Waals surface area contributed by atoms with Gasteiger partial charge in [-0.1, -0.05) is 0 Å². The maximum atomic E-state index is 12.7. The molecule has 0 amide bonds. The molecule has 16 heavy (non-hydrogen) atoms. The first-order valence-corrected chi connectivity index (χ1v) is 4.95. The van der Waals surface area contributed by atoms with E-state index < -0.39 is 6.43 Å². The monoisotopic (exact) mass is 246 g/mol. The fourth-order valence-corrected chi connectivity index (χ4v) is 1.52. The van der Waals surface area contributed by atoms with E-state index in [9.17, 15) is 8.78 Å². The van der Waals surface area contributed by atoms with Crippen molar-refractivity contribution in [3.8, 4) is 11.8 Å². The van der Waals surface area contributed by atoms with Crippen LogP contribution in [0.3, 0.4) is 0 Å². The van der Waals surface area contributed by atoms with E-state index in [2.05, 4.69) is 4.98 Å². The Hall–Kier alpha value is -1.41. The number of rotatable bonds is 4. The van der Waals surface area contributed by atoms with Crippen molar-refractivity contribution in [2.24, 2.45) is 0 Å². The van der Waals surface area contributed by atoms with Crippen molar-refractivity contribution >= 4 is 11.6 Å². The molecule has 1 aromatic heterocycles. The molecule has 0 saturated carbocycles. The third-order valence-electron chi connectivity index (χ3n) is 1.98. The lowest BCUT2D eigenvalue weighted by molar-refractivity contribution is 0.145. The Bertz CT molecular complexity index is 393. The summed E-state index contributed by atoms with van der Waals surface area (Å²) in [6.07, 6.45) is -2.67. The fourth-order valence-electron chi connectivity index (χ4n) is 1.31. The lowest BCUT2D eigenvalue weighted by Crippen LogP contribution is -2.03. The molecule has 0 unspecified atom stereocenters. The highest BCUT2D eigenvalue weighted by atomic mass is 35.5. The van der Waals surface area contributed by atoms with Crippen molar-refractivity contribution in [3.63, 3.8) is 0 Å². The van der Waals surface area contributed by atoms with Crippen LogP contribution < -0.4 is 4.74 Å². The third-order valence-corrected chi connectivity index (χ3v) is 2.23. The second-order valence-electron chi connectivity index (χ2n) is 2.95. The second-order valence-corrected chi connectivity index (χ2v) is 3.21. The number of alkyl halides is 3. The summed E-state index contributed by atoms with van der Waals surface area (Å²) in [5, 5.41) is 8.51. The van der Waals surface area contributed by atoms with Crippen LogP contribution in [0.4, 0.5) is 8.78 Å². The summed E-state index contributed by atoms with van der Waals surface area (Å²) in [7, 11) is 1.29. The van der Waals surface area contributed by atoms with Gasteiger partial charge in [-0.25, -0.2) is 8.78 Å². The molecule has 1 aromatic rings. The summed E-state index contributed by atoms with van der Waals surface area (Å²) in [6.45, 7) is 0. The third kappa shape index (κ3) is 2.58. The zero-order valence-electron chi connectivity index (χ0n) is 8.51. The number of pyridine rings is 1. The van der Waals surface area contributed by atoms with Gasteiger partial charge in [0, 0.05) is 6.07 Å². The number of halogens is 3. The van der Waals surface area contributed by atoms with Crippen molar-refractivity contribution < 1.29 is 13.5 Å². The first-order valence-electron chi connectivity index (χ1n) is 4.41. The van der Waals surface area contributed by atoms with Gasteiger partial charge in [0.15, 0.2) is 0 Å². The molecule has 0 fully saturated rings. The smallest absolute Gasteiger partial charge is 0.269 e. The molecule has 0 aliphatic heterocycles. The quantitative estimate of drug-likeness (QED) is 0.768. The van der Waals surface area contributed by atoms with Crippen LogP contribution in [0.15, 0.2) is 6.07 Å². The van der Waals surface area contributed by atoms with Crippen LogP contribution in [0.5, 0.6) is 5.75 Å². The molecule has 86 valence electrons. The maximum Gasteiger partial charge on any atom is 0.269 e. The molecule has 1 rings (SSSR count). The highest BCUT2D eigenvalue weighted by Crippen LogP contribution is 2.32. The fraction of sp³-hybridized carbons (Fsp3) is 0.400. The van der Waals surface area contributed by atoms with Gasteiger partial charge in [-0.3, -0.25) is 4.98 Å². The van der Waals surface area contributed by atoms with E-state index in [-0.39, 0.29) is 29.3 Å². The van der Waals surface area contributed by atoms with Gasteiger partial charge in [-0.15, -0.1) is 11.6 Å². The largest absolute Gasteiger partial charge is 0.496 e. The molecular weight excluding hydrogens is 238 g/mol. The van der Waals surface area contributed by atoms with Crippen molar-refractivity contribution in [2.45, 2.75) is 18.7 Å². The molecule has 0 aliphatic carbocycles. The summed E-state index contributed by atoms with van der Waals surface area (Å²) in [4.78, 5) is 3.90. The maximum absolute atomic E-state index is 12.7. The van der Waals surface area contributed by atoms with Crippen LogP contribution in [0, 0.1) is 11.3 Å². The minimum atomic E-state index is -2.70. The molecule has 0 saturated heterocycles. The van der Waals surface area contributed by atoms with Crippen molar-refractivity contribution in [3.05, 3.63) is 23.0 Å². The van der Waals surface area contributed by atoms with Gasteiger partial charge in [0.1, 0.15) is 5.75 Å². The number of hydrogen-bond acceptors (Lipinski definition) is 3. The number of nitriles is 1. The Morgan fingerprint density at radius 3 is 2.75 bits per heavy atom. The molecule has 0 radical (unpaired) electrons. The van der Waals surface area contributed by atoms with Gasteiger partial charge < -0.3 is 4.74 Å². The highest BCUT2D eigenvalue weighted by molar-refractivity contribution is 6.17. The minimum Gasteiger partial charge on any atom is -0.496 e. The number of hydrogen-bond donors (Lipinski definition) is 0. The van der Waals surface area contributed by atoms with Crippen molar-refractivity contribution in [2.75, 3.05) is 7.11 Å². The first-order chi connectivity index (χ1) is 7.63. The Kier molecular flexibility index (Phi) is 4.44. The van der Waals surface area contributed by atoms with Crippen molar-refractivity contribution in [1.29, 1.82) is 5.26 Å². The first kappa shape index (κ1) is 12.7. The van der Waals surface area contributed by atoms with E-state index in [0.717, 1.165) is 0 Å². The second kappa shape index (κ2) is 5.61. The molecule has 0 bridgehead atoms. The van der Waals surface area contributed by atoms with Crippen molar-refractivity contribution in [1.82, 2.24) is 4.98 Å². The lowest BCUT2D eigenvalue weighted by atomic mass is 10.1. The minimum absolute atomic E-state index is 0.0194. The zero-order chi connectivity index (χ0) is 12.1. The van der Waals surface area contributed by atoms with E-state index in [1.165, 1.54) is 13.2 Å². The molecule has 6 heteroatoms. The van der Waals surface area contributed by atoms with Gasteiger partial charge >= 0.3 is 0 Å². The van der Waals surface area contributed by atoms with Crippen LogP contribution in [0.2, 0.25) is 0 Å². The Balaban J connectivity index is 3.32. The number of methoxy groups -OCH3 is 1. The van der Waals surface area contributed by atoms with E-state index in [4.69, 9.17) is 21.6 Å². The Labute approximate surface area is 96.6 Å². The van der Waals surface area contributed by atoms with Gasteiger partial charge in [0.05, 0.1) is 42.4 Å². The van der Waals surface area contributed by atoms with E-state index in [0.29, 0.717) is 5.69 Å². The average molecular weight is 247 g/mol. The van der Waals surface area contributed by atoms with Gasteiger partial charge in [0.25, 0.3) is 6.43 Å². The molecule has 0 aliphatic rings. The Morgan fingerprint density at radius 1 is 1.62 bits per heavy atom. The van der Waals surface area contributed by atoms with E-state index >= 15 is 0 Å². The molecule has 3 nitrogen and oxygen atoms in total. The summed E-state index contributed by atoms with van der Waals surface area (Å²) in [6, 6.07) is 3.22. The molecule has 0 aromatic carbocycles. The van der Waals surface area contributed by atoms with Crippen LogP contribution in [-0.4, -0.2) is 12.1 Å². The molecule has 0 spiro atoms. The SMILES string of the molecule is COc1cc(CC#N)nc(CCl)c1C(F)F. The number of ether oxygens (including phenoxy) is 1. The van der Waals surface area contributed by atoms with Gasteiger partial charge in [0.2, 0.25) is 0 Å². The average Bonchev–Trinajstić information content (AvgIpc) is 2.27. The molecule has 1 heterocycles. The standard InChI is InChI=1S/C10H9ClF2N2O/c1-16-8-4-6(2-3-14)15-7(5-11)9(8)10(12)13/h4,10H,2,5H2,1H3. The predicted octanol–water partition coefficient (Wildman–Crippen LogP) is 2.83. The van der Waals surface area contributed by atoms with E-state index in [1.807, 2.05) is 6.07 Å². The predicted molar refractivity (Wildman–Crippen MR) is 54.6 cm³/mol. The number of aromatic nitrogens is 1. The van der Waals surface area contributed by atoms with Crippen LogP contribution in [-0.2, 0) is 12.3 Å². The molecule has 0 atom stereocenters. The van der Waals surface area contributed by atoms with Crippen LogP contribution >= 0.6 is 11.6 Å². The Morgan fingerprint density at radius 2 is 2.31 bits per heavy atom. The summed E-state index contributed by atoms with van der Waals surface area (Å²) >= 11 is 5.54.